The van der Waals surface area contributed by atoms with E-state index >= 15 is 0 Å². The van der Waals surface area contributed by atoms with Crippen LogP contribution in [0.3, 0.4) is 0 Å². The number of fused-ring (bicyclic) bond motifs is 6. The molecule has 2 unspecified atom stereocenters. The van der Waals surface area contributed by atoms with Gasteiger partial charge in [-0.15, -0.1) is 0 Å². The van der Waals surface area contributed by atoms with E-state index in [9.17, 15) is 29.3 Å². The number of esters is 1. The zero-order valence-corrected chi connectivity index (χ0v) is 16.9. The second kappa shape index (κ2) is 6.57. The first-order chi connectivity index (χ1) is 15.1. The van der Waals surface area contributed by atoms with Crippen molar-refractivity contribution in [3.05, 3.63) is 82.4 Å². The molecule has 2 atom stereocenters. The smallest absolute Gasteiger partial charge is 0.453 e. The van der Waals surface area contributed by atoms with Crippen molar-refractivity contribution in [3.8, 4) is 23.0 Å². The molecule has 0 radical (unpaired) electrons. The van der Waals surface area contributed by atoms with Gasteiger partial charge in [-0.2, -0.15) is 0 Å². The molecule has 2 aliphatic rings. The van der Waals surface area contributed by atoms with Gasteiger partial charge in [-0.1, -0.05) is 0 Å². The second-order valence-corrected chi connectivity index (χ2v) is 8.54. The normalized spacial score (nSPS) is 19.8. The summed E-state index contributed by atoms with van der Waals surface area (Å²) in [6, 6.07) is 12.3. The maximum absolute atomic E-state index is 12.8. The number of benzene rings is 3. The number of carbonyl (C=O) groups excluding carboxylic acids is 1. The molecule has 0 saturated carbocycles. The fourth-order valence-corrected chi connectivity index (χ4v) is 4.45. The van der Waals surface area contributed by atoms with Crippen LogP contribution in [0.4, 0.5) is 0 Å². The van der Waals surface area contributed by atoms with Crippen molar-refractivity contribution in [2.45, 2.75) is 5.60 Å². The molecule has 32 heavy (non-hydrogen) atoms. The van der Waals surface area contributed by atoms with Crippen LogP contribution in [0.2, 0.25) is 0 Å². The van der Waals surface area contributed by atoms with Crippen molar-refractivity contribution in [3.63, 3.8) is 0 Å². The Morgan fingerprint density at radius 1 is 1.00 bits per heavy atom. The molecule has 5 N–H and O–H groups in total. The summed E-state index contributed by atoms with van der Waals surface area (Å²) in [6.45, 7) is 0. The Hall–Kier alpha value is -3.85. The van der Waals surface area contributed by atoms with Gasteiger partial charge in [0.1, 0.15) is 23.0 Å². The fraction of sp³-hybridized carbons (Fsp3) is 0.0476. The summed E-state index contributed by atoms with van der Waals surface area (Å²) in [5.74, 6) is -1.84. The molecule has 2 heterocycles. The fourth-order valence-electron chi connectivity index (χ4n) is 4.03. The number of carboxylic acid groups (broad SMARTS) is 1. The maximum atomic E-state index is 12.8. The number of hydrogen-bond acceptors (Lipinski definition) is 7. The van der Waals surface area contributed by atoms with E-state index in [0.717, 1.165) is 0 Å². The third-order valence-corrected chi connectivity index (χ3v) is 5.72. The Morgan fingerprint density at radius 3 is 2.38 bits per heavy atom. The highest BCUT2D eigenvalue weighted by Crippen LogP contribution is 2.57. The summed E-state index contributed by atoms with van der Waals surface area (Å²) in [7, 11) is -4.36. The summed E-state index contributed by atoms with van der Waals surface area (Å²) in [6.07, 6.45) is 0. The molecular formula is C21H14NO9P. The molecule has 0 aromatic heterocycles. The Kier molecular flexibility index (Phi) is 4.12. The van der Waals surface area contributed by atoms with Crippen molar-refractivity contribution in [1.82, 2.24) is 0 Å². The third-order valence-electron chi connectivity index (χ3n) is 5.24. The van der Waals surface area contributed by atoms with Gasteiger partial charge in [0.15, 0.2) is 5.60 Å². The van der Waals surface area contributed by atoms with Gasteiger partial charge < -0.3 is 29.1 Å². The Balaban J connectivity index is 1.81. The molecule has 10 nitrogen and oxygen atoms in total. The first-order valence-corrected chi connectivity index (χ1v) is 10.8. The Morgan fingerprint density at radius 2 is 1.69 bits per heavy atom. The summed E-state index contributed by atoms with van der Waals surface area (Å²) >= 11 is 0. The third kappa shape index (κ3) is 2.93. The SMILES string of the molecule is NP(=O)(O)Oc1ccc2c(c1)Oc1cc(O)ccc1C21OC(=O)c2ccc(C(=O)O)cc21. The predicted octanol–water partition coefficient (Wildman–Crippen LogP) is 3.10. The standard InChI is InChI=1S/C21H14NO9P/c22-32(27,28)31-12-3-6-15-18(9-12)29-17-8-11(23)2-5-14(17)21(15)16-7-10(19(24)25)1-4-13(16)20(26)30-21/h1-9,23H,(H,24,25)(H3,22,27,28). The zero-order chi connectivity index (χ0) is 22.8. The zero-order valence-electron chi connectivity index (χ0n) is 16.0. The van der Waals surface area contributed by atoms with Crippen LogP contribution in [0.5, 0.6) is 23.0 Å². The van der Waals surface area contributed by atoms with E-state index in [1.165, 1.54) is 54.6 Å². The molecule has 162 valence electrons. The molecule has 0 amide bonds. The Labute approximate surface area is 180 Å². The highest BCUT2D eigenvalue weighted by molar-refractivity contribution is 7.50. The number of carbonyl (C=O) groups is 2. The average molecular weight is 455 g/mol. The topological polar surface area (TPSA) is 166 Å². The van der Waals surface area contributed by atoms with Gasteiger partial charge in [0.2, 0.25) is 0 Å². The molecule has 0 fully saturated rings. The van der Waals surface area contributed by atoms with E-state index < -0.39 is 25.3 Å². The van der Waals surface area contributed by atoms with E-state index in [0.29, 0.717) is 11.1 Å². The number of ether oxygens (including phenoxy) is 2. The monoisotopic (exact) mass is 455 g/mol. The molecule has 3 aromatic carbocycles. The van der Waals surface area contributed by atoms with Gasteiger partial charge >= 0.3 is 19.7 Å². The highest BCUT2D eigenvalue weighted by Gasteiger charge is 2.54. The minimum atomic E-state index is -4.36. The number of hydrogen-bond donors (Lipinski definition) is 4. The van der Waals surface area contributed by atoms with Crippen molar-refractivity contribution < 1.29 is 43.3 Å². The molecule has 0 saturated heterocycles. The first kappa shape index (κ1) is 20.1. The van der Waals surface area contributed by atoms with Gasteiger partial charge in [0.25, 0.3) is 0 Å². The summed E-state index contributed by atoms with van der Waals surface area (Å²) in [5.41, 5.74) is 4.56. The van der Waals surface area contributed by atoms with Crippen LogP contribution < -0.4 is 14.8 Å². The van der Waals surface area contributed by atoms with Crippen LogP contribution in [0, 0.1) is 0 Å². The quantitative estimate of drug-likeness (QED) is 0.340. The highest BCUT2D eigenvalue weighted by atomic mass is 31.2. The van der Waals surface area contributed by atoms with Gasteiger partial charge in [-0.3, -0.25) is 0 Å². The van der Waals surface area contributed by atoms with E-state index in [2.05, 4.69) is 0 Å². The molecular weight excluding hydrogens is 441 g/mol. The Bertz CT molecular complexity index is 1380. The number of phenolic OH excluding ortho intramolecular Hbond substituents is 1. The number of rotatable bonds is 3. The lowest BCUT2D eigenvalue weighted by Crippen LogP contribution is -2.33. The molecule has 1 spiro atoms. The van der Waals surface area contributed by atoms with Gasteiger partial charge in [-0.05, 0) is 42.5 Å². The lowest BCUT2D eigenvalue weighted by Gasteiger charge is -2.36. The molecule has 2 aliphatic heterocycles. The van der Waals surface area contributed by atoms with Crippen molar-refractivity contribution in [2.24, 2.45) is 5.50 Å². The summed E-state index contributed by atoms with van der Waals surface area (Å²) < 4.78 is 28.0. The van der Waals surface area contributed by atoms with Gasteiger partial charge in [-0.25, -0.2) is 19.7 Å². The predicted molar refractivity (Wildman–Crippen MR) is 108 cm³/mol. The van der Waals surface area contributed by atoms with Crippen LogP contribution in [-0.4, -0.2) is 27.0 Å². The average Bonchev–Trinajstić information content (AvgIpc) is 2.99. The van der Waals surface area contributed by atoms with Gasteiger partial charge in [0, 0.05) is 28.8 Å². The van der Waals surface area contributed by atoms with E-state index in [1.807, 2.05) is 0 Å². The molecule has 5 rings (SSSR count). The molecule has 0 bridgehead atoms. The van der Waals surface area contributed by atoms with Crippen molar-refractivity contribution in [1.29, 1.82) is 0 Å². The van der Waals surface area contributed by atoms with Crippen molar-refractivity contribution in [2.75, 3.05) is 0 Å². The van der Waals surface area contributed by atoms with E-state index in [4.69, 9.17) is 19.5 Å². The van der Waals surface area contributed by atoms with Crippen LogP contribution in [0.15, 0.2) is 54.6 Å². The molecule has 11 heteroatoms. The van der Waals surface area contributed by atoms with Gasteiger partial charge in [0.05, 0.1) is 11.1 Å². The molecule has 3 aromatic rings. The minimum absolute atomic E-state index is 0.0564. The lowest BCUT2D eigenvalue weighted by molar-refractivity contribution is 0.0224. The summed E-state index contributed by atoms with van der Waals surface area (Å²) in [5, 5.41) is 19.4. The van der Waals surface area contributed by atoms with Crippen LogP contribution in [0.25, 0.3) is 0 Å². The van der Waals surface area contributed by atoms with E-state index in [-0.39, 0.29) is 39.7 Å². The number of nitrogens with two attached hydrogens (primary N) is 1. The molecule has 0 aliphatic carbocycles. The largest absolute Gasteiger partial charge is 0.508 e. The summed E-state index contributed by atoms with van der Waals surface area (Å²) in [4.78, 5) is 33.7. The number of aromatic carboxylic acids is 1. The second-order valence-electron chi connectivity index (χ2n) is 7.23. The maximum Gasteiger partial charge on any atom is 0.453 e. The van der Waals surface area contributed by atoms with E-state index in [1.54, 1.807) is 0 Å². The number of phenols is 1. The van der Waals surface area contributed by atoms with Crippen LogP contribution in [0.1, 0.15) is 37.4 Å². The van der Waals surface area contributed by atoms with Crippen LogP contribution in [-0.2, 0) is 14.9 Å². The lowest BCUT2D eigenvalue weighted by atomic mass is 9.77. The number of aromatic hydroxyl groups is 1. The number of carboxylic acids is 1. The van der Waals surface area contributed by atoms with Crippen LogP contribution >= 0.6 is 7.75 Å². The minimum Gasteiger partial charge on any atom is -0.508 e. The first-order valence-electron chi connectivity index (χ1n) is 9.16. The van der Waals surface area contributed by atoms with Crippen molar-refractivity contribution >= 4 is 19.7 Å².